The minimum absolute atomic E-state index is 0.247. The van der Waals surface area contributed by atoms with Crippen molar-refractivity contribution in [2.45, 2.75) is 46.1 Å². The fourth-order valence-corrected chi connectivity index (χ4v) is 2.27. The highest BCUT2D eigenvalue weighted by atomic mass is 16.6. The summed E-state index contributed by atoms with van der Waals surface area (Å²) in [4.78, 5) is 11.6. The van der Waals surface area contributed by atoms with Crippen LogP contribution in [-0.4, -0.2) is 25.8 Å². The summed E-state index contributed by atoms with van der Waals surface area (Å²) in [7, 11) is 1.42. The molecule has 3 nitrogen and oxygen atoms in total. The summed E-state index contributed by atoms with van der Waals surface area (Å²) >= 11 is 0. The maximum Gasteiger partial charge on any atom is 0.334 e. The molecular weight excluding hydrogens is 228 g/mol. The Morgan fingerprint density at radius 2 is 2.00 bits per heavy atom. The first-order valence-electron chi connectivity index (χ1n) is 6.89. The number of carbonyl (C=O) groups is 1. The fraction of sp³-hybridized carbons (Fsp3) is 0.800. The van der Waals surface area contributed by atoms with Gasteiger partial charge in [-0.25, -0.2) is 4.79 Å². The maximum atomic E-state index is 11.6. The Hall–Kier alpha value is -0.830. The first kappa shape index (κ1) is 15.2. The third-order valence-electron chi connectivity index (χ3n) is 3.58. The minimum atomic E-state index is -0.409. The number of carbonyl (C=O) groups excluding carboxylic acids is 1. The van der Waals surface area contributed by atoms with Gasteiger partial charge < -0.3 is 9.47 Å². The van der Waals surface area contributed by atoms with Crippen LogP contribution in [0.2, 0.25) is 0 Å². The molecule has 0 bridgehead atoms. The average Bonchev–Trinajstić information content (AvgIpc) is 2.34. The molecule has 0 radical (unpaired) electrons. The van der Waals surface area contributed by atoms with Gasteiger partial charge in [0.25, 0.3) is 0 Å². The van der Waals surface area contributed by atoms with Crippen LogP contribution in [0.5, 0.6) is 0 Å². The maximum absolute atomic E-state index is 11.6. The zero-order chi connectivity index (χ0) is 13.5. The van der Waals surface area contributed by atoms with Gasteiger partial charge in [0.15, 0.2) is 6.10 Å². The van der Waals surface area contributed by atoms with Crippen LogP contribution in [-0.2, 0) is 14.3 Å². The molecule has 18 heavy (non-hydrogen) atoms. The van der Waals surface area contributed by atoms with Crippen molar-refractivity contribution in [1.82, 2.24) is 0 Å². The lowest BCUT2D eigenvalue weighted by atomic mass is 9.85. The SMILES string of the molecule is COC(=O)[C@@H](CC(C)C)OCC1CC=CCC1C. The summed E-state index contributed by atoms with van der Waals surface area (Å²) in [5, 5.41) is 0. The van der Waals surface area contributed by atoms with E-state index < -0.39 is 6.10 Å². The lowest BCUT2D eigenvalue weighted by Crippen LogP contribution is -2.31. The van der Waals surface area contributed by atoms with Crippen molar-refractivity contribution in [2.24, 2.45) is 17.8 Å². The van der Waals surface area contributed by atoms with E-state index in [2.05, 4.69) is 32.9 Å². The minimum Gasteiger partial charge on any atom is -0.467 e. The molecule has 0 heterocycles. The van der Waals surface area contributed by atoms with Gasteiger partial charge in [0.1, 0.15) is 0 Å². The Kier molecular flexibility index (Phi) is 6.41. The number of allylic oxidation sites excluding steroid dienone is 2. The van der Waals surface area contributed by atoms with Gasteiger partial charge in [-0.05, 0) is 37.0 Å². The summed E-state index contributed by atoms with van der Waals surface area (Å²) in [6.07, 6.45) is 6.92. The molecule has 1 aliphatic carbocycles. The molecule has 1 aliphatic rings. The largest absolute Gasteiger partial charge is 0.467 e. The van der Waals surface area contributed by atoms with Crippen LogP contribution < -0.4 is 0 Å². The van der Waals surface area contributed by atoms with Crippen molar-refractivity contribution in [2.75, 3.05) is 13.7 Å². The molecule has 3 atom stereocenters. The standard InChI is InChI=1S/C15H26O3/c1-11(2)9-14(15(16)17-4)18-10-13-8-6-5-7-12(13)3/h5-6,11-14H,7-10H2,1-4H3/t12?,13?,14-/m1/s1. The van der Waals surface area contributed by atoms with Gasteiger partial charge in [-0.1, -0.05) is 32.9 Å². The molecule has 3 heteroatoms. The van der Waals surface area contributed by atoms with Gasteiger partial charge >= 0.3 is 5.97 Å². The van der Waals surface area contributed by atoms with E-state index in [-0.39, 0.29) is 5.97 Å². The second-order valence-corrected chi connectivity index (χ2v) is 5.65. The Bertz CT molecular complexity index is 283. The van der Waals surface area contributed by atoms with E-state index in [1.165, 1.54) is 7.11 Å². The summed E-state index contributed by atoms with van der Waals surface area (Å²) in [5.41, 5.74) is 0. The van der Waals surface area contributed by atoms with Crippen molar-refractivity contribution in [3.8, 4) is 0 Å². The van der Waals surface area contributed by atoms with Crippen LogP contribution in [0.1, 0.15) is 40.0 Å². The van der Waals surface area contributed by atoms with Crippen molar-refractivity contribution >= 4 is 5.97 Å². The topological polar surface area (TPSA) is 35.5 Å². The quantitative estimate of drug-likeness (QED) is 0.539. The molecule has 0 saturated heterocycles. The first-order valence-corrected chi connectivity index (χ1v) is 6.89. The van der Waals surface area contributed by atoms with Crippen LogP contribution in [0.3, 0.4) is 0 Å². The predicted octanol–water partition coefficient (Wildman–Crippen LogP) is 3.19. The molecule has 0 N–H and O–H groups in total. The van der Waals surface area contributed by atoms with Gasteiger partial charge in [-0.3, -0.25) is 0 Å². The van der Waals surface area contributed by atoms with E-state index in [0.717, 1.165) is 19.3 Å². The van der Waals surface area contributed by atoms with Crippen molar-refractivity contribution in [3.05, 3.63) is 12.2 Å². The summed E-state index contributed by atoms with van der Waals surface area (Å²) in [6.45, 7) is 7.07. The second-order valence-electron chi connectivity index (χ2n) is 5.65. The molecule has 0 fully saturated rings. The molecule has 0 aliphatic heterocycles. The molecule has 0 aromatic carbocycles. The number of methoxy groups -OCH3 is 1. The predicted molar refractivity (Wildman–Crippen MR) is 72.2 cm³/mol. The normalized spacial score (nSPS) is 25.2. The van der Waals surface area contributed by atoms with Crippen molar-refractivity contribution < 1.29 is 14.3 Å². The average molecular weight is 254 g/mol. The smallest absolute Gasteiger partial charge is 0.334 e. The summed E-state index contributed by atoms with van der Waals surface area (Å²) in [6, 6.07) is 0. The van der Waals surface area contributed by atoms with Gasteiger partial charge in [0.05, 0.1) is 13.7 Å². The number of hydrogen-bond donors (Lipinski definition) is 0. The Balaban J connectivity index is 2.45. The zero-order valence-electron chi connectivity index (χ0n) is 12.0. The third kappa shape index (κ3) is 4.81. The molecule has 2 unspecified atom stereocenters. The second kappa shape index (κ2) is 7.57. The van der Waals surface area contributed by atoms with Gasteiger partial charge in [-0.2, -0.15) is 0 Å². The molecule has 0 aromatic rings. The van der Waals surface area contributed by atoms with Crippen LogP contribution in [0.15, 0.2) is 12.2 Å². The van der Waals surface area contributed by atoms with Crippen LogP contribution in [0.25, 0.3) is 0 Å². The van der Waals surface area contributed by atoms with E-state index in [1.54, 1.807) is 0 Å². The Morgan fingerprint density at radius 3 is 2.56 bits per heavy atom. The van der Waals surface area contributed by atoms with E-state index >= 15 is 0 Å². The highest BCUT2D eigenvalue weighted by molar-refractivity contribution is 5.74. The van der Waals surface area contributed by atoms with Crippen LogP contribution in [0.4, 0.5) is 0 Å². The zero-order valence-corrected chi connectivity index (χ0v) is 12.0. The molecule has 104 valence electrons. The molecule has 0 saturated carbocycles. The summed E-state index contributed by atoms with van der Waals surface area (Å²) < 4.78 is 10.6. The lowest BCUT2D eigenvalue weighted by molar-refractivity contribution is -0.156. The molecule has 1 rings (SSSR count). The molecule has 0 spiro atoms. The van der Waals surface area contributed by atoms with Crippen LogP contribution >= 0.6 is 0 Å². The van der Waals surface area contributed by atoms with E-state index in [1.807, 2.05) is 0 Å². The van der Waals surface area contributed by atoms with E-state index in [4.69, 9.17) is 9.47 Å². The van der Waals surface area contributed by atoms with Crippen LogP contribution in [0, 0.1) is 17.8 Å². The van der Waals surface area contributed by atoms with Crippen molar-refractivity contribution in [1.29, 1.82) is 0 Å². The number of hydrogen-bond acceptors (Lipinski definition) is 3. The number of rotatable bonds is 6. The monoisotopic (exact) mass is 254 g/mol. The van der Waals surface area contributed by atoms with E-state index in [0.29, 0.717) is 24.4 Å². The molecule has 0 aromatic heterocycles. The highest BCUT2D eigenvalue weighted by Gasteiger charge is 2.25. The third-order valence-corrected chi connectivity index (χ3v) is 3.58. The fourth-order valence-electron chi connectivity index (χ4n) is 2.27. The van der Waals surface area contributed by atoms with Gasteiger partial charge in [-0.15, -0.1) is 0 Å². The number of esters is 1. The van der Waals surface area contributed by atoms with Gasteiger partial charge in [0, 0.05) is 0 Å². The van der Waals surface area contributed by atoms with E-state index in [9.17, 15) is 4.79 Å². The van der Waals surface area contributed by atoms with Crippen molar-refractivity contribution in [3.63, 3.8) is 0 Å². The van der Waals surface area contributed by atoms with Gasteiger partial charge in [0.2, 0.25) is 0 Å². The first-order chi connectivity index (χ1) is 8.54. The lowest BCUT2D eigenvalue weighted by Gasteiger charge is -2.27. The molecule has 0 amide bonds. The Labute approximate surface area is 111 Å². The number of ether oxygens (including phenoxy) is 2. The highest BCUT2D eigenvalue weighted by Crippen LogP contribution is 2.26. The Morgan fingerprint density at radius 1 is 1.33 bits per heavy atom. The summed E-state index contributed by atoms with van der Waals surface area (Å²) in [5.74, 6) is 1.34. The molecular formula is C15H26O3.